The zero-order chi connectivity index (χ0) is 12.3. The number of nitrogens with one attached hydrogen (secondary N) is 1. The molecule has 3 atom stereocenters. The van der Waals surface area contributed by atoms with Crippen molar-refractivity contribution in [3.05, 3.63) is 0 Å². The Morgan fingerprint density at radius 3 is 2.76 bits per heavy atom. The maximum absolute atomic E-state index is 4.25. The van der Waals surface area contributed by atoms with E-state index in [4.69, 9.17) is 0 Å². The van der Waals surface area contributed by atoms with Crippen molar-refractivity contribution in [1.82, 2.24) is 15.5 Å². The van der Waals surface area contributed by atoms with Crippen LogP contribution >= 0.6 is 34.9 Å². The molecule has 1 aliphatic rings. The number of hydrogen-bond donors (Lipinski definition) is 1. The Morgan fingerprint density at radius 2 is 2.12 bits per heavy atom. The SMILES string of the molecule is CCNC1CCC(Sc2nnc(SC)s2)C1C. The van der Waals surface area contributed by atoms with Gasteiger partial charge >= 0.3 is 0 Å². The molecule has 1 N–H and O–H groups in total. The zero-order valence-corrected chi connectivity index (χ0v) is 12.9. The molecule has 0 amide bonds. The molecule has 0 saturated heterocycles. The van der Waals surface area contributed by atoms with Gasteiger partial charge in [-0.1, -0.05) is 48.7 Å². The average molecular weight is 289 g/mol. The van der Waals surface area contributed by atoms with Gasteiger partial charge in [0.15, 0.2) is 8.68 Å². The van der Waals surface area contributed by atoms with Gasteiger partial charge in [0.2, 0.25) is 0 Å². The second kappa shape index (κ2) is 6.41. The molecule has 0 aromatic carbocycles. The quantitative estimate of drug-likeness (QED) is 0.843. The largest absolute Gasteiger partial charge is 0.314 e. The minimum Gasteiger partial charge on any atom is -0.314 e. The van der Waals surface area contributed by atoms with Gasteiger partial charge in [0.25, 0.3) is 0 Å². The first kappa shape index (κ1) is 13.6. The topological polar surface area (TPSA) is 37.8 Å². The summed E-state index contributed by atoms with van der Waals surface area (Å²) in [4.78, 5) is 0. The van der Waals surface area contributed by atoms with E-state index in [1.54, 1.807) is 23.1 Å². The highest BCUT2D eigenvalue weighted by Gasteiger charge is 2.33. The maximum atomic E-state index is 4.25. The van der Waals surface area contributed by atoms with Crippen molar-refractivity contribution in [3.63, 3.8) is 0 Å². The van der Waals surface area contributed by atoms with E-state index in [9.17, 15) is 0 Å². The molecule has 0 bridgehead atoms. The second-order valence-electron chi connectivity index (χ2n) is 4.29. The normalized spacial score (nSPS) is 28.8. The molecular formula is C11H19N3S3. The average Bonchev–Trinajstić information content (AvgIpc) is 2.91. The molecule has 0 aliphatic heterocycles. The lowest BCUT2D eigenvalue weighted by Gasteiger charge is -2.19. The van der Waals surface area contributed by atoms with Crippen LogP contribution < -0.4 is 5.32 Å². The summed E-state index contributed by atoms with van der Waals surface area (Å²) in [6.45, 7) is 5.61. The number of thioether (sulfide) groups is 2. The van der Waals surface area contributed by atoms with Crippen molar-refractivity contribution in [2.75, 3.05) is 12.8 Å². The summed E-state index contributed by atoms with van der Waals surface area (Å²) in [6, 6.07) is 0.686. The number of aromatic nitrogens is 2. The van der Waals surface area contributed by atoms with Crippen LogP contribution in [-0.4, -0.2) is 34.3 Å². The predicted octanol–water partition coefficient (Wildman–Crippen LogP) is 3.13. The first-order chi connectivity index (χ1) is 8.24. The summed E-state index contributed by atoms with van der Waals surface area (Å²) in [6.07, 6.45) is 4.63. The van der Waals surface area contributed by atoms with E-state index < -0.39 is 0 Å². The van der Waals surface area contributed by atoms with Gasteiger partial charge in [-0.15, -0.1) is 10.2 Å². The van der Waals surface area contributed by atoms with Crippen LogP contribution in [0, 0.1) is 5.92 Å². The van der Waals surface area contributed by atoms with Crippen molar-refractivity contribution in [1.29, 1.82) is 0 Å². The molecule has 6 heteroatoms. The van der Waals surface area contributed by atoms with Crippen LogP contribution in [0.1, 0.15) is 26.7 Å². The van der Waals surface area contributed by atoms with Crippen LogP contribution in [0.15, 0.2) is 8.68 Å². The molecule has 2 rings (SSSR count). The van der Waals surface area contributed by atoms with Gasteiger partial charge in [0, 0.05) is 11.3 Å². The number of rotatable bonds is 5. The molecule has 1 aliphatic carbocycles. The van der Waals surface area contributed by atoms with Crippen molar-refractivity contribution >= 4 is 34.9 Å². The van der Waals surface area contributed by atoms with E-state index in [2.05, 4.69) is 29.4 Å². The molecule has 0 spiro atoms. The summed E-state index contributed by atoms with van der Waals surface area (Å²) < 4.78 is 2.20. The smallest absolute Gasteiger partial charge is 0.175 e. The van der Waals surface area contributed by atoms with Gasteiger partial charge in [-0.25, -0.2) is 0 Å². The van der Waals surface area contributed by atoms with Gasteiger partial charge in [0.05, 0.1) is 0 Å². The highest BCUT2D eigenvalue weighted by Crippen LogP contribution is 2.40. The van der Waals surface area contributed by atoms with Crippen molar-refractivity contribution in [3.8, 4) is 0 Å². The minimum atomic E-state index is 0.686. The Labute approximate surface area is 116 Å². The molecule has 1 saturated carbocycles. The Hall–Kier alpha value is 0.220. The van der Waals surface area contributed by atoms with E-state index in [-0.39, 0.29) is 0 Å². The summed E-state index contributed by atoms with van der Waals surface area (Å²) >= 11 is 5.31. The van der Waals surface area contributed by atoms with Crippen LogP contribution in [-0.2, 0) is 0 Å². The van der Waals surface area contributed by atoms with Crippen LogP contribution in [0.25, 0.3) is 0 Å². The summed E-state index contributed by atoms with van der Waals surface area (Å²) in [5.41, 5.74) is 0. The third kappa shape index (κ3) is 3.36. The Balaban J connectivity index is 1.91. The third-order valence-electron chi connectivity index (χ3n) is 3.26. The fourth-order valence-corrected chi connectivity index (χ4v) is 5.27. The first-order valence-electron chi connectivity index (χ1n) is 6.02. The summed E-state index contributed by atoms with van der Waals surface area (Å²) in [5, 5.41) is 12.7. The molecule has 1 heterocycles. The Morgan fingerprint density at radius 1 is 1.35 bits per heavy atom. The van der Waals surface area contributed by atoms with E-state index in [1.165, 1.54) is 12.8 Å². The highest BCUT2D eigenvalue weighted by molar-refractivity contribution is 8.03. The van der Waals surface area contributed by atoms with Crippen LogP contribution in [0.4, 0.5) is 0 Å². The molecule has 0 radical (unpaired) electrons. The molecular weight excluding hydrogens is 270 g/mol. The lowest BCUT2D eigenvalue weighted by atomic mass is 10.1. The predicted molar refractivity (Wildman–Crippen MR) is 77.2 cm³/mol. The van der Waals surface area contributed by atoms with Gasteiger partial charge in [-0.3, -0.25) is 0 Å². The fourth-order valence-electron chi connectivity index (χ4n) is 2.30. The second-order valence-corrected chi connectivity index (χ2v) is 7.81. The zero-order valence-electron chi connectivity index (χ0n) is 10.5. The number of nitrogens with zero attached hydrogens (tertiary/aromatic N) is 2. The summed E-state index contributed by atoms with van der Waals surface area (Å²) in [5.74, 6) is 0.724. The fraction of sp³-hybridized carbons (Fsp3) is 0.818. The lowest BCUT2D eigenvalue weighted by Crippen LogP contribution is -2.32. The van der Waals surface area contributed by atoms with Gasteiger partial charge in [-0.05, 0) is 31.6 Å². The standard InChI is InChI=1S/C11H19N3S3/c1-4-12-8-5-6-9(7(8)2)16-11-14-13-10(15-3)17-11/h7-9,12H,4-6H2,1-3H3. The third-order valence-corrected chi connectivity index (χ3v) is 6.75. The molecule has 3 nitrogen and oxygen atoms in total. The van der Waals surface area contributed by atoms with E-state index >= 15 is 0 Å². The molecule has 1 aromatic rings. The van der Waals surface area contributed by atoms with Crippen molar-refractivity contribution in [2.45, 2.75) is 46.7 Å². The molecule has 3 unspecified atom stereocenters. The minimum absolute atomic E-state index is 0.686. The van der Waals surface area contributed by atoms with Crippen LogP contribution in [0.2, 0.25) is 0 Å². The van der Waals surface area contributed by atoms with Crippen LogP contribution in [0.5, 0.6) is 0 Å². The van der Waals surface area contributed by atoms with Gasteiger partial charge in [-0.2, -0.15) is 0 Å². The molecule has 96 valence electrons. The van der Waals surface area contributed by atoms with Gasteiger partial charge in [0.1, 0.15) is 0 Å². The number of hydrogen-bond acceptors (Lipinski definition) is 6. The van der Waals surface area contributed by atoms with Crippen molar-refractivity contribution < 1.29 is 0 Å². The molecule has 1 aromatic heterocycles. The van der Waals surface area contributed by atoms with Crippen molar-refractivity contribution in [2.24, 2.45) is 5.92 Å². The Bertz CT molecular complexity index is 355. The van der Waals surface area contributed by atoms with E-state index in [0.717, 1.165) is 21.1 Å². The van der Waals surface area contributed by atoms with E-state index in [1.807, 2.05) is 18.0 Å². The lowest BCUT2D eigenvalue weighted by molar-refractivity contribution is 0.441. The Kier molecular flexibility index (Phi) is 5.14. The van der Waals surface area contributed by atoms with Crippen LogP contribution in [0.3, 0.4) is 0 Å². The van der Waals surface area contributed by atoms with E-state index in [0.29, 0.717) is 11.3 Å². The van der Waals surface area contributed by atoms with Gasteiger partial charge < -0.3 is 5.32 Å². The highest BCUT2D eigenvalue weighted by atomic mass is 32.2. The molecule has 1 fully saturated rings. The first-order valence-corrected chi connectivity index (χ1v) is 8.94. The monoisotopic (exact) mass is 289 g/mol. The molecule has 17 heavy (non-hydrogen) atoms. The summed E-state index contributed by atoms with van der Waals surface area (Å²) in [7, 11) is 0. The maximum Gasteiger partial charge on any atom is 0.175 e.